The molecule has 1 amide bonds. The van der Waals surface area contributed by atoms with Gasteiger partial charge in [-0.2, -0.15) is 0 Å². The summed E-state index contributed by atoms with van der Waals surface area (Å²) in [6.07, 6.45) is 0. The van der Waals surface area contributed by atoms with Crippen LogP contribution in [-0.4, -0.2) is 22.5 Å². The number of carbonyl (C=O) groups is 1. The topological polar surface area (TPSA) is 76.2 Å². The number of H-pyrrole nitrogens is 1. The Kier molecular flexibility index (Phi) is 5.25. The molecule has 0 saturated heterocycles. The van der Waals surface area contributed by atoms with Crippen LogP contribution in [0.25, 0.3) is 10.9 Å². The monoisotopic (exact) mass is 393 g/mol. The number of hydrogen-bond donors (Lipinski definition) is 2. The third-order valence-corrected chi connectivity index (χ3v) is 4.78. The van der Waals surface area contributed by atoms with E-state index in [0.717, 1.165) is 22.3 Å². The van der Waals surface area contributed by atoms with Crippen LogP contribution in [0.1, 0.15) is 23.1 Å². The van der Waals surface area contributed by atoms with Crippen LogP contribution in [0.4, 0.5) is 5.69 Å². The van der Waals surface area contributed by atoms with Crippen molar-refractivity contribution in [3.05, 3.63) is 70.8 Å². The maximum atomic E-state index is 12.7. The molecule has 4 rings (SSSR count). The normalized spacial score (nSPS) is 10.8. The SMILES string of the molecule is CCOc1ccc2cc(C(=O)Nc3ccccc3OCc3cscn3)[nH]c2c1. The minimum absolute atomic E-state index is 0.237. The van der Waals surface area contributed by atoms with Crippen LogP contribution >= 0.6 is 11.3 Å². The number of thiazole rings is 1. The van der Waals surface area contributed by atoms with E-state index in [1.807, 2.05) is 60.8 Å². The number of aromatic amines is 1. The van der Waals surface area contributed by atoms with Crippen molar-refractivity contribution in [1.82, 2.24) is 9.97 Å². The Morgan fingerprint density at radius 3 is 2.89 bits per heavy atom. The molecule has 4 aromatic rings. The minimum atomic E-state index is -0.237. The van der Waals surface area contributed by atoms with E-state index in [-0.39, 0.29) is 5.91 Å². The fourth-order valence-corrected chi connectivity index (χ4v) is 3.37. The number of aromatic nitrogens is 2. The lowest BCUT2D eigenvalue weighted by Gasteiger charge is -2.11. The first-order valence-corrected chi connectivity index (χ1v) is 9.83. The molecule has 0 atom stereocenters. The van der Waals surface area contributed by atoms with Crippen molar-refractivity contribution in [2.24, 2.45) is 0 Å². The Hall–Kier alpha value is -3.32. The average Bonchev–Trinajstić information content (AvgIpc) is 3.37. The Balaban J connectivity index is 1.51. The zero-order valence-electron chi connectivity index (χ0n) is 15.3. The van der Waals surface area contributed by atoms with E-state index in [2.05, 4.69) is 15.3 Å². The number of benzene rings is 2. The molecular weight excluding hydrogens is 374 g/mol. The van der Waals surface area contributed by atoms with Crippen molar-refractivity contribution in [1.29, 1.82) is 0 Å². The van der Waals surface area contributed by atoms with Gasteiger partial charge in [0.2, 0.25) is 0 Å². The van der Waals surface area contributed by atoms with Gasteiger partial charge < -0.3 is 19.8 Å². The first-order chi connectivity index (χ1) is 13.7. The number of fused-ring (bicyclic) bond motifs is 1. The highest BCUT2D eigenvalue weighted by Gasteiger charge is 2.13. The molecule has 0 spiro atoms. The largest absolute Gasteiger partial charge is 0.494 e. The molecule has 7 heteroatoms. The second-order valence-electron chi connectivity index (χ2n) is 6.08. The number of ether oxygens (including phenoxy) is 2. The molecule has 2 heterocycles. The maximum absolute atomic E-state index is 12.7. The van der Waals surface area contributed by atoms with Crippen molar-refractivity contribution in [2.75, 3.05) is 11.9 Å². The van der Waals surface area contributed by atoms with E-state index >= 15 is 0 Å². The van der Waals surface area contributed by atoms with Crippen LogP contribution < -0.4 is 14.8 Å². The van der Waals surface area contributed by atoms with E-state index in [1.54, 1.807) is 5.51 Å². The van der Waals surface area contributed by atoms with Gasteiger partial charge in [-0.15, -0.1) is 11.3 Å². The summed E-state index contributed by atoms with van der Waals surface area (Å²) in [6, 6.07) is 14.9. The molecule has 0 aliphatic carbocycles. The van der Waals surface area contributed by atoms with Crippen molar-refractivity contribution < 1.29 is 14.3 Å². The molecule has 0 unspecified atom stereocenters. The Labute approximate surface area is 166 Å². The molecule has 28 heavy (non-hydrogen) atoms. The van der Waals surface area contributed by atoms with E-state index in [4.69, 9.17) is 9.47 Å². The Morgan fingerprint density at radius 2 is 2.07 bits per heavy atom. The van der Waals surface area contributed by atoms with Gasteiger partial charge in [0.25, 0.3) is 5.91 Å². The predicted octanol–water partition coefficient (Wildman–Crippen LogP) is 4.85. The maximum Gasteiger partial charge on any atom is 0.272 e. The van der Waals surface area contributed by atoms with Gasteiger partial charge in [0.1, 0.15) is 23.8 Å². The highest BCUT2D eigenvalue weighted by Crippen LogP contribution is 2.26. The number of nitrogens with zero attached hydrogens (tertiary/aromatic N) is 1. The molecule has 0 saturated carbocycles. The number of hydrogen-bond acceptors (Lipinski definition) is 5. The molecule has 0 radical (unpaired) electrons. The summed E-state index contributed by atoms with van der Waals surface area (Å²) in [6.45, 7) is 2.88. The Morgan fingerprint density at radius 1 is 1.18 bits per heavy atom. The number of anilines is 1. The minimum Gasteiger partial charge on any atom is -0.494 e. The highest BCUT2D eigenvalue weighted by atomic mass is 32.1. The molecule has 142 valence electrons. The molecule has 2 aromatic carbocycles. The van der Waals surface area contributed by atoms with Gasteiger partial charge in [-0.1, -0.05) is 12.1 Å². The van der Waals surface area contributed by atoms with Crippen molar-refractivity contribution in [3.63, 3.8) is 0 Å². The van der Waals surface area contributed by atoms with Crippen LogP contribution in [0.3, 0.4) is 0 Å². The summed E-state index contributed by atoms with van der Waals surface area (Å²) in [5, 5.41) is 5.79. The number of nitrogens with one attached hydrogen (secondary N) is 2. The third-order valence-electron chi connectivity index (χ3n) is 4.14. The molecule has 0 aliphatic rings. The van der Waals surface area contributed by atoms with Crippen LogP contribution in [0.15, 0.2) is 59.4 Å². The van der Waals surface area contributed by atoms with Crippen LogP contribution in [0, 0.1) is 0 Å². The summed E-state index contributed by atoms with van der Waals surface area (Å²) < 4.78 is 11.3. The predicted molar refractivity (Wildman–Crippen MR) is 110 cm³/mol. The first-order valence-electron chi connectivity index (χ1n) is 8.89. The highest BCUT2D eigenvalue weighted by molar-refractivity contribution is 7.07. The third kappa shape index (κ3) is 3.99. The van der Waals surface area contributed by atoms with Crippen molar-refractivity contribution >= 4 is 33.8 Å². The zero-order chi connectivity index (χ0) is 19.3. The molecule has 2 N–H and O–H groups in total. The first kappa shape index (κ1) is 18.1. The van der Waals surface area contributed by atoms with Gasteiger partial charge in [-0.25, -0.2) is 4.98 Å². The lowest BCUT2D eigenvalue weighted by molar-refractivity contribution is 0.102. The zero-order valence-corrected chi connectivity index (χ0v) is 16.1. The van der Waals surface area contributed by atoms with Gasteiger partial charge in [0.15, 0.2) is 0 Å². The Bertz CT molecular complexity index is 1090. The quantitative estimate of drug-likeness (QED) is 0.470. The lowest BCUT2D eigenvalue weighted by Crippen LogP contribution is -2.13. The van der Waals surface area contributed by atoms with E-state index in [1.165, 1.54) is 11.3 Å². The number of para-hydroxylation sites is 2. The lowest BCUT2D eigenvalue weighted by atomic mass is 10.2. The number of carbonyl (C=O) groups excluding carboxylic acids is 1. The molecule has 0 bridgehead atoms. The van der Waals surface area contributed by atoms with E-state index in [9.17, 15) is 4.79 Å². The molecule has 0 aliphatic heterocycles. The fourth-order valence-electron chi connectivity index (χ4n) is 2.83. The molecule has 2 aromatic heterocycles. The summed E-state index contributed by atoms with van der Waals surface area (Å²) >= 11 is 1.52. The number of rotatable bonds is 7. The van der Waals surface area contributed by atoms with Crippen molar-refractivity contribution in [3.8, 4) is 11.5 Å². The van der Waals surface area contributed by atoms with Gasteiger partial charge in [-0.3, -0.25) is 4.79 Å². The summed E-state index contributed by atoms with van der Waals surface area (Å²) in [7, 11) is 0. The summed E-state index contributed by atoms with van der Waals surface area (Å²) in [5.74, 6) is 1.13. The van der Waals surface area contributed by atoms with E-state index in [0.29, 0.717) is 30.3 Å². The van der Waals surface area contributed by atoms with Gasteiger partial charge in [0.05, 0.1) is 23.5 Å². The molecule has 6 nitrogen and oxygen atoms in total. The summed E-state index contributed by atoms with van der Waals surface area (Å²) in [5.41, 5.74) is 4.55. The average molecular weight is 393 g/mol. The van der Waals surface area contributed by atoms with E-state index < -0.39 is 0 Å². The van der Waals surface area contributed by atoms with Crippen molar-refractivity contribution in [2.45, 2.75) is 13.5 Å². The smallest absolute Gasteiger partial charge is 0.272 e. The summed E-state index contributed by atoms with van der Waals surface area (Å²) in [4.78, 5) is 20.1. The second-order valence-corrected chi connectivity index (χ2v) is 6.80. The van der Waals surface area contributed by atoms with Crippen LogP contribution in [-0.2, 0) is 6.61 Å². The fraction of sp³-hybridized carbons (Fsp3) is 0.143. The number of amides is 1. The van der Waals surface area contributed by atoms with Crippen LogP contribution in [0.2, 0.25) is 0 Å². The standard InChI is InChI=1S/C21H19N3O3S/c1-2-26-16-8-7-14-9-19(23-18(14)10-16)21(25)24-17-5-3-4-6-20(17)27-11-15-12-28-13-22-15/h3-10,12-13,23H,2,11H2,1H3,(H,24,25). The molecular formula is C21H19N3O3S. The second kappa shape index (κ2) is 8.14. The van der Waals surface area contributed by atoms with Gasteiger partial charge in [-0.05, 0) is 37.3 Å². The molecule has 0 fully saturated rings. The van der Waals surface area contributed by atoms with Crippen LogP contribution in [0.5, 0.6) is 11.5 Å². The van der Waals surface area contributed by atoms with Gasteiger partial charge in [0, 0.05) is 22.3 Å². The van der Waals surface area contributed by atoms with Gasteiger partial charge >= 0.3 is 0 Å².